The molecule has 19 heavy (non-hydrogen) atoms. The highest BCUT2D eigenvalue weighted by Crippen LogP contribution is 2.33. The van der Waals surface area contributed by atoms with Crippen LogP contribution in [-0.4, -0.2) is 30.9 Å². The predicted molar refractivity (Wildman–Crippen MR) is 78.7 cm³/mol. The minimum Gasteiger partial charge on any atom is -0.492 e. The van der Waals surface area contributed by atoms with Crippen molar-refractivity contribution in [2.75, 3.05) is 30.4 Å². The predicted octanol–water partition coefficient (Wildman–Crippen LogP) is 2.41. The van der Waals surface area contributed by atoms with E-state index in [9.17, 15) is 0 Å². The second-order valence-electron chi connectivity index (χ2n) is 5.01. The van der Waals surface area contributed by atoms with E-state index in [4.69, 9.17) is 15.6 Å². The maximum atomic E-state index is 9.05. The van der Waals surface area contributed by atoms with Crippen molar-refractivity contribution < 1.29 is 9.84 Å². The molecule has 0 unspecified atom stereocenters. The number of rotatable bonds is 7. The van der Waals surface area contributed by atoms with Gasteiger partial charge in [-0.1, -0.05) is 0 Å². The van der Waals surface area contributed by atoms with Gasteiger partial charge in [0.1, 0.15) is 5.75 Å². The van der Waals surface area contributed by atoms with E-state index in [0.717, 1.165) is 24.4 Å². The van der Waals surface area contributed by atoms with Crippen molar-refractivity contribution in [3.05, 3.63) is 18.2 Å². The van der Waals surface area contributed by atoms with E-state index in [0.29, 0.717) is 18.3 Å². The van der Waals surface area contributed by atoms with Crippen LogP contribution in [0.4, 0.5) is 11.4 Å². The molecule has 4 heteroatoms. The van der Waals surface area contributed by atoms with Gasteiger partial charge in [-0.05, 0) is 44.7 Å². The lowest BCUT2D eigenvalue weighted by atomic mass is 9.91. The number of hydrogen-bond acceptors (Lipinski definition) is 4. The highest BCUT2D eigenvalue weighted by Gasteiger charge is 2.25. The molecule has 1 fully saturated rings. The van der Waals surface area contributed by atoms with E-state index in [1.54, 1.807) is 0 Å². The number of hydrogen-bond donors (Lipinski definition) is 2. The van der Waals surface area contributed by atoms with Gasteiger partial charge in [0, 0.05) is 30.9 Å². The minimum atomic E-state index is 0.233. The maximum absolute atomic E-state index is 9.05. The van der Waals surface area contributed by atoms with Crippen LogP contribution in [0.25, 0.3) is 0 Å². The summed E-state index contributed by atoms with van der Waals surface area (Å²) in [7, 11) is 0. The first-order chi connectivity index (χ1) is 9.26. The molecule has 1 aromatic rings. The van der Waals surface area contributed by atoms with Gasteiger partial charge >= 0.3 is 0 Å². The van der Waals surface area contributed by atoms with Crippen molar-refractivity contribution >= 4 is 11.4 Å². The fourth-order valence-corrected chi connectivity index (χ4v) is 2.44. The summed E-state index contributed by atoms with van der Waals surface area (Å²) in [6.07, 6.45) is 4.57. The molecular formula is C15H24N2O2. The molecule has 4 nitrogen and oxygen atoms in total. The number of aliphatic hydroxyl groups excluding tert-OH is 1. The normalized spacial score (nSPS) is 15.1. The lowest BCUT2D eigenvalue weighted by molar-refractivity contribution is 0.283. The third kappa shape index (κ3) is 3.32. The average molecular weight is 264 g/mol. The van der Waals surface area contributed by atoms with Crippen LogP contribution in [0, 0.1) is 0 Å². The quantitative estimate of drug-likeness (QED) is 0.743. The van der Waals surface area contributed by atoms with Crippen LogP contribution in [0.1, 0.15) is 32.6 Å². The second-order valence-corrected chi connectivity index (χ2v) is 5.01. The summed E-state index contributed by atoms with van der Waals surface area (Å²) in [6, 6.07) is 6.58. The van der Waals surface area contributed by atoms with Crippen molar-refractivity contribution in [3.63, 3.8) is 0 Å². The highest BCUT2D eigenvalue weighted by atomic mass is 16.5. The zero-order chi connectivity index (χ0) is 13.7. The molecule has 0 saturated heterocycles. The van der Waals surface area contributed by atoms with Crippen molar-refractivity contribution in [3.8, 4) is 5.75 Å². The summed E-state index contributed by atoms with van der Waals surface area (Å²) in [5.74, 6) is 0.758. The molecule has 2 rings (SSSR count). The summed E-state index contributed by atoms with van der Waals surface area (Å²) in [6.45, 7) is 3.70. The Bertz CT molecular complexity index is 405. The van der Waals surface area contributed by atoms with Crippen molar-refractivity contribution in [2.24, 2.45) is 0 Å². The summed E-state index contributed by atoms with van der Waals surface area (Å²) in [5.41, 5.74) is 7.75. The first kappa shape index (κ1) is 14.0. The van der Waals surface area contributed by atoms with Gasteiger partial charge in [0.25, 0.3) is 0 Å². The monoisotopic (exact) mass is 264 g/mol. The fourth-order valence-electron chi connectivity index (χ4n) is 2.44. The Morgan fingerprint density at radius 1 is 1.42 bits per heavy atom. The van der Waals surface area contributed by atoms with E-state index in [-0.39, 0.29) is 6.61 Å². The first-order valence-electron chi connectivity index (χ1n) is 7.16. The first-order valence-corrected chi connectivity index (χ1v) is 7.16. The maximum Gasteiger partial charge on any atom is 0.144 e. The Morgan fingerprint density at radius 2 is 2.21 bits per heavy atom. The van der Waals surface area contributed by atoms with E-state index < -0.39 is 0 Å². The van der Waals surface area contributed by atoms with Crippen LogP contribution in [0.2, 0.25) is 0 Å². The Hall–Kier alpha value is -1.42. The molecule has 1 saturated carbocycles. The number of anilines is 2. The zero-order valence-corrected chi connectivity index (χ0v) is 11.6. The summed E-state index contributed by atoms with van der Waals surface area (Å²) in [4.78, 5) is 2.38. The molecule has 0 radical (unpaired) electrons. The molecule has 0 amide bonds. The standard InChI is InChI=1S/C15H24N2O2/c1-2-19-15-11-13(7-8-14(15)16)17(9-4-10-18)12-5-3-6-12/h7-8,11-12,18H,2-6,9-10,16H2,1H3. The molecule has 0 spiro atoms. The van der Waals surface area contributed by atoms with Crippen molar-refractivity contribution in [2.45, 2.75) is 38.6 Å². The third-order valence-corrected chi connectivity index (χ3v) is 3.70. The summed E-state index contributed by atoms with van der Waals surface area (Å²) < 4.78 is 5.56. The Labute approximate surface area is 115 Å². The van der Waals surface area contributed by atoms with Crippen LogP contribution in [0.5, 0.6) is 5.75 Å². The Kier molecular flexibility index (Phi) is 4.91. The fraction of sp³-hybridized carbons (Fsp3) is 0.600. The number of nitrogens with two attached hydrogens (primary N) is 1. The van der Waals surface area contributed by atoms with Gasteiger partial charge < -0.3 is 20.5 Å². The molecular weight excluding hydrogens is 240 g/mol. The van der Waals surface area contributed by atoms with Crippen LogP contribution in [-0.2, 0) is 0 Å². The molecule has 0 atom stereocenters. The van der Waals surface area contributed by atoms with Crippen LogP contribution >= 0.6 is 0 Å². The van der Waals surface area contributed by atoms with Crippen molar-refractivity contribution in [1.29, 1.82) is 0 Å². The average Bonchev–Trinajstić information content (AvgIpc) is 2.35. The highest BCUT2D eigenvalue weighted by molar-refractivity contribution is 5.62. The van der Waals surface area contributed by atoms with Gasteiger partial charge in [0.15, 0.2) is 0 Å². The van der Waals surface area contributed by atoms with Crippen LogP contribution < -0.4 is 15.4 Å². The molecule has 0 aliphatic heterocycles. The van der Waals surface area contributed by atoms with Gasteiger partial charge in [-0.15, -0.1) is 0 Å². The molecule has 1 aliphatic rings. The van der Waals surface area contributed by atoms with Gasteiger partial charge in [-0.2, -0.15) is 0 Å². The van der Waals surface area contributed by atoms with E-state index >= 15 is 0 Å². The molecule has 0 aromatic heterocycles. The van der Waals surface area contributed by atoms with E-state index in [1.165, 1.54) is 19.3 Å². The number of nitrogen functional groups attached to an aromatic ring is 1. The molecule has 106 valence electrons. The number of aliphatic hydroxyl groups is 1. The lowest BCUT2D eigenvalue weighted by Crippen LogP contribution is -2.41. The van der Waals surface area contributed by atoms with Crippen LogP contribution in [0.3, 0.4) is 0 Å². The topological polar surface area (TPSA) is 58.7 Å². The summed E-state index contributed by atoms with van der Waals surface area (Å²) >= 11 is 0. The smallest absolute Gasteiger partial charge is 0.144 e. The minimum absolute atomic E-state index is 0.233. The molecule has 1 aliphatic carbocycles. The van der Waals surface area contributed by atoms with Gasteiger partial charge in [-0.25, -0.2) is 0 Å². The number of nitrogens with zero attached hydrogens (tertiary/aromatic N) is 1. The second kappa shape index (κ2) is 6.66. The largest absolute Gasteiger partial charge is 0.492 e. The van der Waals surface area contributed by atoms with E-state index in [1.807, 2.05) is 25.1 Å². The van der Waals surface area contributed by atoms with E-state index in [2.05, 4.69) is 4.90 Å². The van der Waals surface area contributed by atoms with Gasteiger partial charge in [-0.3, -0.25) is 0 Å². The molecule has 0 heterocycles. The zero-order valence-electron chi connectivity index (χ0n) is 11.6. The molecule has 0 bridgehead atoms. The number of ether oxygens (including phenoxy) is 1. The lowest BCUT2D eigenvalue weighted by Gasteiger charge is -2.39. The molecule has 1 aromatic carbocycles. The van der Waals surface area contributed by atoms with Gasteiger partial charge in [0.05, 0.1) is 12.3 Å². The summed E-state index contributed by atoms with van der Waals surface area (Å²) in [5, 5.41) is 9.05. The van der Waals surface area contributed by atoms with Gasteiger partial charge in [0.2, 0.25) is 0 Å². The SMILES string of the molecule is CCOc1cc(N(CCCO)C2CCC2)ccc1N. The Balaban J connectivity index is 2.17. The third-order valence-electron chi connectivity index (χ3n) is 3.70. The van der Waals surface area contributed by atoms with Crippen molar-refractivity contribution in [1.82, 2.24) is 0 Å². The molecule has 3 N–H and O–H groups in total. The van der Waals surface area contributed by atoms with Crippen LogP contribution in [0.15, 0.2) is 18.2 Å². The Morgan fingerprint density at radius 3 is 2.79 bits per heavy atom. The number of benzene rings is 1.